The number of hydrogen-bond donors (Lipinski definition) is 2. The molecule has 0 aliphatic heterocycles. The Morgan fingerprint density at radius 1 is 1.21 bits per heavy atom. The number of esters is 1. The third kappa shape index (κ3) is 7.48. The van der Waals surface area contributed by atoms with E-state index in [1.165, 1.54) is 12.1 Å². The summed E-state index contributed by atoms with van der Waals surface area (Å²) in [6.45, 7) is 4.82. The third-order valence-electron chi connectivity index (χ3n) is 3.92. The standard InChI is InChI=1S/C21H25FN2O2S2/c1-3-26-20(25)17-7-10-19(15(2)13-17)24-21(27)23-11-4-12-28-14-16-5-8-18(22)9-6-16/h5-10,13H,3-4,11-12,14H2,1-2H3,(H2,23,24,27). The van der Waals surface area contributed by atoms with E-state index < -0.39 is 0 Å². The molecule has 2 aromatic carbocycles. The van der Waals surface area contributed by atoms with Gasteiger partial charge in [0.15, 0.2) is 5.11 Å². The smallest absolute Gasteiger partial charge is 0.338 e. The molecular formula is C21H25FN2O2S2. The summed E-state index contributed by atoms with van der Waals surface area (Å²) in [6.07, 6.45) is 0.967. The molecule has 28 heavy (non-hydrogen) atoms. The highest BCUT2D eigenvalue weighted by atomic mass is 32.2. The number of thioether (sulfide) groups is 1. The minimum atomic E-state index is -0.323. The number of nitrogens with one attached hydrogen (secondary N) is 2. The highest BCUT2D eigenvalue weighted by Crippen LogP contribution is 2.17. The maximum Gasteiger partial charge on any atom is 0.338 e. The second kappa shape index (κ2) is 11.7. The Morgan fingerprint density at radius 2 is 1.96 bits per heavy atom. The fourth-order valence-electron chi connectivity index (χ4n) is 2.46. The van der Waals surface area contributed by atoms with Gasteiger partial charge in [-0.25, -0.2) is 9.18 Å². The number of ether oxygens (including phenoxy) is 1. The Morgan fingerprint density at radius 3 is 2.64 bits per heavy atom. The number of carbonyl (C=O) groups excluding carboxylic acids is 1. The van der Waals surface area contributed by atoms with Gasteiger partial charge in [0.25, 0.3) is 0 Å². The first kappa shape index (κ1) is 22.2. The zero-order valence-electron chi connectivity index (χ0n) is 16.1. The lowest BCUT2D eigenvalue weighted by Gasteiger charge is -2.13. The number of rotatable bonds is 9. The topological polar surface area (TPSA) is 50.4 Å². The number of thiocarbonyl (C=S) groups is 1. The molecule has 2 aromatic rings. The summed E-state index contributed by atoms with van der Waals surface area (Å²) in [4.78, 5) is 11.8. The van der Waals surface area contributed by atoms with Crippen molar-refractivity contribution in [1.29, 1.82) is 0 Å². The van der Waals surface area contributed by atoms with E-state index in [1.807, 2.05) is 36.9 Å². The minimum absolute atomic E-state index is 0.204. The van der Waals surface area contributed by atoms with Crippen LogP contribution in [-0.4, -0.2) is 30.0 Å². The summed E-state index contributed by atoms with van der Waals surface area (Å²) in [5, 5.41) is 6.90. The van der Waals surface area contributed by atoms with E-state index in [2.05, 4.69) is 10.6 Å². The maximum absolute atomic E-state index is 12.9. The molecule has 2 N–H and O–H groups in total. The highest BCUT2D eigenvalue weighted by Gasteiger charge is 2.09. The molecule has 0 saturated carbocycles. The Hall–Kier alpha value is -2.12. The van der Waals surface area contributed by atoms with Crippen molar-refractivity contribution in [2.45, 2.75) is 26.0 Å². The molecule has 0 amide bonds. The number of halogens is 1. The molecule has 0 heterocycles. The molecular weight excluding hydrogens is 395 g/mol. The van der Waals surface area contributed by atoms with Crippen LogP contribution >= 0.6 is 24.0 Å². The highest BCUT2D eigenvalue weighted by molar-refractivity contribution is 7.98. The molecule has 0 aliphatic rings. The van der Waals surface area contributed by atoms with Gasteiger partial charge < -0.3 is 15.4 Å². The second-order valence-electron chi connectivity index (χ2n) is 6.16. The monoisotopic (exact) mass is 420 g/mol. The molecule has 0 radical (unpaired) electrons. The Kier molecular flexibility index (Phi) is 9.23. The summed E-state index contributed by atoms with van der Waals surface area (Å²) in [6, 6.07) is 11.9. The largest absolute Gasteiger partial charge is 0.462 e. The lowest BCUT2D eigenvalue weighted by Crippen LogP contribution is -2.29. The van der Waals surface area contributed by atoms with Crippen molar-refractivity contribution < 1.29 is 13.9 Å². The normalized spacial score (nSPS) is 10.4. The van der Waals surface area contributed by atoms with Gasteiger partial charge in [0.05, 0.1) is 12.2 Å². The van der Waals surface area contributed by atoms with Gasteiger partial charge in [-0.2, -0.15) is 11.8 Å². The van der Waals surface area contributed by atoms with Crippen molar-refractivity contribution in [3.63, 3.8) is 0 Å². The van der Waals surface area contributed by atoms with Gasteiger partial charge in [0.2, 0.25) is 0 Å². The van der Waals surface area contributed by atoms with Crippen LogP contribution in [0.3, 0.4) is 0 Å². The molecule has 2 rings (SSSR count). The first-order valence-corrected chi connectivity index (χ1v) is 10.7. The van der Waals surface area contributed by atoms with Crippen LogP contribution in [0.1, 0.15) is 34.8 Å². The van der Waals surface area contributed by atoms with Crippen molar-refractivity contribution in [2.24, 2.45) is 0 Å². The van der Waals surface area contributed by atoms with Crippen LogP contribution < -0.4 is 10.6 Å². The number of aryl methyl sites for hydroxylation is 1. The quantitative estimate of drug-likeness (QED) is 0.341. The SMILES string of the molecule is CCOC(=O)c1ccc(NC(=S)NCCCSCc2ccc(F)cc2)c(C)c1. The molecule has 0 fully saturated rings. The van der Waals surface area contributed by atoms with Crippen molar-refractivity contribution in [1.82, 2.24) is 5.32 Å². The molecule has 0 aromatic heterocycles. The van der Waals surface area contributed by atoms with Crippen molar-refractivity contribution in [2.75, 3.05) is 24.2 Å². The van der Waals surface area contributed by atoms with E-state index in [0.29, 0.717) is 17.3 Å². The zero-order valence-corrected chi connectivity index (χ0v) is 17.7. The Balaban J connectivity index is 1.66. The molecule has 0 aliphatic carbocycles. The average molecular weight is 421 g/mol. The molecule has 0 atom stereocenters. The fourth-order valence-corrected chi connectivity index (χ4v) is 3.59. The van der Waals surface area contributed by atoms with Crippen LogP contribution in [0.4, 0.5) is 10.1 Å². The first-order valence-electron chi connectivity index (χ1n) is 9.14. The summed E-state index contributed by atoms with van der Waals surface area (Å²) < 4.78 is 17.9. The van der Waals surface area contributed by atoms with Crippen molar-refractivity contribution >= 4 is 40.7 Å². The van der Waals surface area contributed by atoms with Crippen LogP contribution in [0.15, 0.2) is 42.5 Å². The summed E-state index contributed by atoms with van der Waals surface area (Å²) in [5.74, 6) is 1.33. The van der Waals surface area contributed by atoms with Crippen LogP contribution in [-0.2, 0) is 10.5 Å². The predicted molar refractivity (Wildman–Crippen MR) is 119 cm³/mol. The van der Waals surface area contributed by atoms with Gasteiger partial charge in [-0.05, 0) is 79.7 Å². The van der Waals surface area contributed by atoms with E-state index in [1.54, 1.807) is 19.1 Å². The molecule has 150 valence electrons. The molecule has 0 unspecified atom stereocenters. The van der Waals surface area contributed by atoms with E-state index in [9.17, 15) is 9.18 Å². The van der Waals surface area contributed by atoms with Gasteiger partial charge in [-0.15, -0.1) is 0 Å². The molecule has 7 heteroatoms. The Bertz CT molecular complexity index is 797. The zero-order chi connectivity index (χ0) is 20.4. The summed E-state index contributed by atoms with van der Waals surface area (Å²) in [5.41, 5.74) is 3.43. The minimum Gasteiger partial charge on any atom is -0.462 e. The predicted octanol–water partition coefficient (Wildman–Crippen LogP) is 4.92. The molecule has 0 saturated heterocycles. The fraction of sp³-hybridized carbons (Fsp3) is 0.333. The number of carbonyl (C=O) groups is 1. The van der Waals surface area contributed by atoms with Crippen LogP contribution in [0.5, 0.6) is 0 Å². The average Bonchev–Trinajstić information content (AvgIpc) is 2.67. The molecule has 4 nitrogen and oxygen atoms in total. The van der Waals surface area contributed by atoms with Gasteiger partial charge >= 0.3 is 5.97 Å². The number of hydrogen-bond acceptors (Lipinski definition) is 4. The molecule has 0 spiro atoms. The van der Waals surface area contributed by atoms with Gasteiger partial charge in [0, 0.05) is 18.0 Å². The van der Waals surface area contributed by atoms with E-state index in [-0.39, 0.29) is 11.8 Å². The van der Waals surface area contributed by atoms with E-state index in [4.69, 9.17) is 17.0 Å². The maximum atomic E-state index is 12.9. The third-order valence-corrected chi connectivity index (χ3v) is 5.28. The van der Waals surface area contributed by atoms with Gasteiger partial charge in [-0.3, -0.25) is 0 Å². The van der Waals surface area contributed by atoms with Gasteiger partial charge in [-0.1, -0.05) is 12.1 Å². The molecule has 0 bridgehead atoms. The van der Waals surface area contributed by atoms with Crippen LogP contribution in [0.2, 0.25) is 0 Å². The Labute approximate surface area is 175 Å². The lowest BCUT2D eigenvalue weighted by atomic mass is 10.1. The van der Waals surface area contributed by atoms with E-state index in [0.717, 1.165) is 41.3 Å². The second-order valence-corrected chi connectivity index (χ2v) is 7.68. The van der Waals surface area contributed by atoms with Crippen molar-refractivity contribution in [3.05, 3.63) is 65.0 Å². The van der Waals surface area contributed by atoms with Crippen LogP contribution in [0.25, 0.3) is 0 Å². The first-order chi connectivity index (χ1) is 13.5. The van der Waals surface area contributed by atoms with Crippen molar-refractivity contribution in [3.8, 4) is 0 Å². The van der Waals surface area contributed by atoms with E-state index >= 15 is 0 Å². The summed E-state index contributed by atoms with van der Waals surface area (Å²) >= 11 is 7.14. The van der Waals surface area contributed by atoms with Gasteiger partial charge in [0.1, 0.15) is 5.82 Å². The lowest BCUT2D eigenvalue weighted by molar-refractivity contribution is 0.0526. The number of anilines is 1. The van der Waals surface area contributed by atoms with Crippen LogP contribution in [0, 0.1) is 12.7 Å². The summed E-state index contributed by atoms with van der Waals surface area (Å²) in [7, 11) is 0. The number of benzene rings is 2.